The van der Waals surface area contributed by atoms with Gasteiger partial charge in [-0.15, -0.1) is 0 Å². The van der Waals surface area contributed by atoms with Gasteiger partial charge in [-0.3, -0.25) is 9.78 Å². The Labute approximate surface area is 235 Å². The van der Waals surface area contributed by atoms with Crippen molar-refractivity contribution in [3.63, 3.8) is 0 Å². The van der Waals surface area contributed by atoms with Crippen LogP contribution in [0.1, 0.15) is 43.9 Å². The van der Waals surface area contributed by atoms with Gasteiger partial charge in [-0.2, -0.15) is 0 Å². The molecule has 212 valence electrons. The van der Waals surface area contributed by atoms with E-state index < -0.39 is 12.0 Å². The van der Waals surface area contributed by atoms with E-state index in [1.807, 2.05) is 24.3 Å². The van der Waals surface area contributed by atoms with Gasteiger partial charge in [0.2, 0.25) is 5.91 Å². The second-order valence-corrected chi connectivity index (χ2v) is 10.1. The third kappa shape index (κ3) is 9.01. The highest BCUT2D eigenvalue weighted by molar-refractivity contribution is 5.77. The van der Waals surface area contributed by atoms with Crippen LogP contribution < -0.4 is 16.0 Å². The van der Waals surface area contributed by atoms with Crippen molar-refractivity contribution in [2.45, 2.75) is 51.5 Å². The summed E-state index contributed by atoms with van der Waals surface area (Å²) in [7, 11) is 0. The average molecular weight is 546 g/mol. The number of carboxylic acids is 1. The fourth-order valence-corrected chi connectivity index (χ4v) is 4.86. The van der Waals surface area contributed by atoms with Crippen LogP contribution in [0.15, 0.2) is 55.0 Å². The van der Waals surface area contributed by atoms with Crippen molar-refractivity contribution in [1.82, 2.24) is 25.2 Å². The second-order valence-electron chi connectivity index (χ2n) is 10.1. The summed E-state index contributed by atoms with van der Waals surface area (Å²) in [4.78, 5) is 38.9. The highest BCUT2D eigenvalue weighted by Gasteiger charge is 2.20. The first-order chi connectivity index (χ1) is 19.5. The first-order valence-electron chi connectivity index (χ1n) is 14.0. The van der Waals surface area contributed by atoms with Crippen LogP contribution in [0.4, 0.5) is 11.6 Å². The van der Waals surface area contributed by atoms with Gasteiger partial charge in [-0.25, -0.2) is 14.8 Å². The quantitative estimate of drug-likeness (QED) is 0.211. The number of carbonyl (C=O) groups excluding carboxylic acids is 1. The summed E-state index contributed by atoms with van der Waals surface area (Å²) in [5.74, 6) is 0.537. The number of carboxylic acid groups (broad SMARTS) is 1. The van der Waals surface area contributed by atoms with E-state index >= 15 is 0 Å². The van der Waals surface area contributed by atoms with Crippen molar-refractivity contribution in [3.05, 3.63) is 66.2 Å². The summed E-state index contributed by atoms with van der Waals surface area (Å²) >= 11 is 0. The van der Waals surface area contributed by atoms with Gasteiger partial charge in [0, 0.05) is 57.4 Å². The molecule has 10 heteroatoms. The Balaban J connectivity index is 1.30. The predicted octanol–water partition coefficient (Wildman–Crippen LogP) is 3.61. The fraction of sp³-hybridized carbons (Fsp3) is 0.433. The minimum atomic E-state index is -0.926. The minimum Gasteiger partial charge on any atom is -0.480 e. The van der Waals surface area contributed by atoms with Crippen LogP contribution >= 0.6 is 0 Å². The molecule has 0 saturated carbocycles. The van der Waals surface area contributed by atoms with Crippen LogP contribution in [0.2, 0.25) is 0 Å². The van der Waals surface area contributed by atoms with E-state index in [0.29, 0.717) is 31.9 Å². The van der Waals surface area contributed by atoms with Crippen LogP contribution in [0, 0.1) is 0 Å². The lowest BCUT2D eigenvalue weighted by Gasteiger charge is -2.25. The lowest BCUT2D eigenvalue weighted by Crippen LogP contribution is -2.39. The van der Waals surface area contributed by atoms with Crippen LogP contribution in [-0.4, -0.2) is 75.6 Å². The Bertz CT molecular complexity index is 1260. The zero-order chi connectivity index (χ0) is 28.2. The lowest BCUT2D eigenvalue weighted by atomic mass is 10.1. The Morgan fingerprint density at radius 3 is 2.67 bits per heavy atom. The van der Waals surface area contributed by atoms with Crippen LogP contribution in [0.25, 0.3) is 11.1 Å². The van der Waals surface area contributed by atoms with Gasteiger partial charge in [0.05, 0.1) is 0 Å². The zero-order valence-electron chi connectivity index (χ0n) is 23.1. The molecular formula is C30H39N7O3. The van der Waals surface area contributed by atoms with Crippen molar-refractivity contribution in [2.24, 2.45) is 0 Å². The number of pyridine rings is 3. The minimum absolute atomic E-state index is 0.0720. The van der Waals surface area contributed by atoms with Gasteiger partial charge in [0.25, 0.3) is 0 Å². The number of carbonyl (C=O) groups is 2. The molecule has 10 nitrogen and oxygen atoms in total. The van der Waals surface area contributed by atoms with Gasteiger partial charge in [-0.1, -0.05) is 6.07 Å². The largest absolute Gasteiger partial charge is 0.480 e. The van der Waals surface area contributed by atoms with E-state index in [2.05, 4.69) is 43.0 Å². The molecule has 0 spiro atoms. The normalized spacial score (nSPS) is 13.2. The monoisotopic (exact) mass is 545 g/mol. The topological polar surface area (TPSA) is 132 Å². The van der Waals surface area contributed by atoms with Crippen molar-refractivity contribution in [2.75, 3.05) is 43.4 Å². The molecular weight excluding hydrogens is 506 g/mol. The predicted molar refractivity (Wildman–Crippen MR) is 156 cm³/mol. The van der Waals surface area contributed by atoms with Crippen molar-refractivity contribution in [3.8, 4) is 11.1 Å². The molecule has 0 saturated heterocycles. The van der Waals surface area contributed by atoms with E-state index in [-0.39, 0.29) is 5.91 Å². The maximum atomic E-state index is 12.1. The summed E-state index contributed by atoms with van der Waals surface area (Å²) in [5, 5.41) is 19.3. The average Bonchev–Trinajstić information content (AvgIpc) is 2.97. The number of rotatable bonds is 15. The van der Waals surface area contributed by atoms with Gasteiger partial charge < -0.3 is 26.0 Å². The number of anilines is 2. The summed E-state index contributed by atoms with van der Waals surface area (Å²) in [6.45, 7) is 5.05. The smallest absolute Gasteiger partial charge is 0.326 e. The van der Waals surface area contributed by atoms with Crippen LogP contribution in [0.3, 0.4) is 0 Å². The maximum absolute atomic E-state index is 12.1. The van der Waals surface area contributed by atoms with Crippen molar-refractivity contribution in [1.29, 1.82) is 0 Å². The molecule has 3 aromatic rings. The van der Waals surface area contributed by atoms with E-state index in [1.54, 1.807) is 18.6 Å². The SMILES string of the molecule is CC(=O)NCCN(CCCCc1ccc2c(n1)NCCC2)CCC(Nc1cc(-c2ccncc2)ccn1)C(=O)O. The molecule has 1 amide bonds. The molecule has 0 aromatic carbocycles. The van der Waals surface area contributed by atoms with Gasteiger partial charge >= 0.3 is 5.97 Å². The summed E-state index contributed by atoms with van der Waals surface area (Å²) < 4.78 is 0. The van der Waals surface area contributed by atoms with Gasteiger partial charge in [0.1, 0.15) is 17.7 Å². The highest BCUT2D eigenvalue weighted by atomic mass is 16.4. The Kier molecular flexibility index (Phi) is 10.8. The number of unbranched alkanes of at least 4 members (excludes halogenated alkanes) is 1. The molecule has 0 radical (unpaired) electrons. The summed E-state index contributed by atoms with van der Waals surface area (Å²) in [6, 6.07) is 11.1. The number of aryl methyl sites for hydroxylation is 2. The number of fused-ring (bicyclic) bond motifs is 1. The molecule has 1 aliphatic rings. The number of nitrogens with one attached hydrogen (secondary N) is 3. The first-order valence-corrected chi connectivity index (χ1v) is 14.0. The zero-order valence-corrected chi connectivity index (χ0v) is 23.1. The number of amides is 1. The van der Waals surface area contributed by atoms with E-state index in [4.69, 9.17) is 4.98 Å². The van der Waals surface area contributed by atoms with Gasteiger partial charge in [0.15, 0.2) is 0 Å². The van der Waals surface area contributed by atoms with E-state index in [0.717, 1.165) is 67.8 Å². The third-order valence-corrected chi connectivity index (χ3v) is 7.04. The number of hydrogen-bond acceptors (Lipinski definition) is 8. The second kappa shape index (κ2) is 14.9. The molecule has 4 heterocycles. The number of nitrogens with zero attached hydrogens (tertiary/aromatic N) is 4. The molecule has 4 N–H and O–H groups in total. The number of hydrogen-bond donors (Lipinski definition) is 4. The Morgan fingerprint density at radius 1 is 1.05 bits per heavy atom. The lowest BCUT2D eigenvalue weighted by molar-refractivity contribution is -0.138. The number of aromatic nitrogens is 3. The summed E-state index contributed by atoms with van der Waals surface area (Å²) in [6.07, 6.45) is 10.6. The number of aliphatic carboxylic acids is 1. The van der Waals surface area contributed by atoms with E-state index in [1.165, 1.54) is 12.5 Å². The fourth-order valence-electron chi connectivity index (χ4n) is 4.86. The van der Waals surface area contributed by atoms with E-state index in [9.17, 15) is 14.7 Å². The molecule has 4 rings (SSSR count). The van der Waals surface area contributed by atoms with Crippen molar-refractivity contribution < 1.29 is 14.7 Å². The first kappa shape index (κ1) is 28.9. The maximum Gasteiger partial charge on any atom is 0.326 e. The standard InChI is InChI=1S/C30H39N7O3/c1-22(38)32-17-20-37(18-3-2-6-26-8-7-24-5-4-13-34-29(24)35-26)19-12-27(30(39)40)36-28-21-25(11-16-33-28)23-9-14-31-15-10-23/h7-11,14-16,21,27H,2-6,12-13,17-20H2,1H3,(H,32,38)(H,33,36)(H,34,35)(H,39,40). The molecule has 0 bridgehead atoms. The molecule has 1 aliphatic heterocycles. The third-order valence-electron chi connectivity index (χ3n) is 7.04. The van der Waals surface area contributed by atoms with Crippen LogP contribution in [0.5, 0.6) is 0 Å². The molecule has 40 heavy (non-hydrogen) atoms. The molecule has 0 aliphatic carbocycles. The Hall–Kier alpha value is -4.05. The van der Waals surface area contributed by atoms with Crippen molar-refractivity contribution >= 4 is 23.5 Å². The van der Waals surface area contributed by atoms with Crippen LogP contribution in [-0.2, 0) is 22.4 Å². The molecule has 1 unspecified atom stereocenters. The summed E-state index contributed by atoms with van der Waals surface area (Å²) in [5.41, 5.74) is 4.30. The molecule has 0 fully saturated rings. The van der Waals surface area contributed by atoms with Gasteiger partial charge in [-0.05, 0) is 92.1 Å². The highest BCUT2D eigenvalue weighted by Crippen LogP contribution is 2.22. The molecule has 3 aromatic heterocycles. The molecule has 1 atom stereocenters. The Morgan fingerprint density at radius 2 is 1.88 bits per heavy atom.